The Morgan fingerprint density at radius 1 is 1.27 bits per heavy atom. The van der Waals surface area contributed by atoms with Crippen molar-refractivity contribution in [1.29, 1.82) is 0 Å². The van der Waals surface area contributed by atoms with Crippen LogP contribution in [0.5, 0.6) is 0 Å². The van der Waals surface area contributed by atoms with E-state index in [1.165, 1.54) is 6.92 Å². The van der Waals surface area contributed by atoms with Crippen molar-refractivity contribution in [3.8, 4) is 0 Å². The Kier molecular flexibility index (Phi) is 1.98. The predicted molar refractivity (Wildman–Crippen MR) is 54.0 cm³/mol. The van der Waals surface area contributed by atoms with Crippen molar-refractivity contribution in [3.63, 3.8) is 0 Å². The lowest BCUT2D eigenvalue weighted by Gasteiger charge is -2.33. The van der Waals surface area contributed by atoms with Gasteiger partial charge in [0, 0.05) is 5.56 Å². The summed E-state index contributed by atoms with van der Waals surface area (Å²) in [6.45, 7) is 3.20. The number of amides is 1. The van der Waals surface area contributed by atoms with Crippen LogP contribution in [0.1, 0.15) is 19.4 Å². The molecular weight excluding hydrogens is 194 g/mol. The average Bonchev–Trinajstić information content (AvgIpc) is 2.38. The van der Waals surface area contributed by atoms with Crippen LogP contribution < -0.4 is 5.32 Å². The van der Waals surface area contributed by atoms with Gasteiger partial charge in [0.2, 0.25) is 0 Å². The number of rotatable bonds is 1. The monoisotopic (exact) mass is 207 g/mol. The summed E-state index contributed by atoms with van der Waals surface area (Å²) in [5.41, 5.74) is -1.69. The maximum atomic E-state index is 11.2. The second-order valence-electron chi connectivity index (χ2n) is 3.99. The van der Waals surface area contributed by atoms with Gasteiger partial charge in [0.25, 0.3) is 0 Å². The van der Waals surface area contributed by atoms with Crippen molar-refractivity contribution in [2.75, 3.05) is 0 Å². The number of ether oxygens (including phenoxy) is 1. The zero-order valence-corrected chi connectivity index (χ0v) is 8.65. The lowest BCUT2D eigenvalue weighted by molar-refractivity contribution is -0.0988. The van der Waals surface area contributed by atoms with Crippen LogP contribution in [0, 0.1) is 0 Å². The Morgan fingerprint density at radius 2 is 1.87 bits per heavy atom. The Bertz CT molecular complexity index is 388. The van der Waals surface area contributed by atoms with Crippen LogP contribution >= 0.6 is 0 Å². The van der Waals surface area contributed by atoms with Gasteiger partial charge < -0.3 is 9.84 Å². The number of hydrogen-bond donors (Lipinski definition) is 2. The molecule has 2 N–H and O–H groups in total. The van der Waals surface area contributed by atoms with E-state index in [4.69, 9.17) is 4.74 Å². The fourth-order valence-electron chi connectivity index (χ4n) is 1.72. The van der Waals surface area contributed by atoms with Crippen LogP contribution in [0.15, 0.2) is 30.3 Å². The minimum Gasteiger partial charge on any atom is -0.433 e. The summed E-state index contributed by atoms with van der Waals surface area (Å²) >= 11 is 0. The third-order valence-electron chi connectivity index (χ3n) is 2.90. The van der Waals surface area contributed by atoms with E-state index in [9.17, 15) is 9.90 Å². The highest BCUT2D eigenvalue weighted by Crippen LogP contribution is 2.38. The molecule has 1 saturated heterocycles. The van der Waals surface area contributed by atoms with Gasteiger partial charge in [-0.05, 0) is 13.8 Å². The SMILES string of the molecule is C[C@]1(O)NC(=O)O[C@]1(C)c1ccccc1. The van der Waals surface area contributed by atoms with Crippen molar-refractivity contribution in [2.24, 2.45) is 0 Å². The minimum atomic E-state index is -1.40. The molecule has 0 unspecified atom stereocenters. The first kappa shape index (κ1) is 9.98. The number of benzene rings is 1. The number of nitrogens with one attached hydrogen (secondary N) is 1. The zero-order chi connectivity index (χ0) is 11.1. The number of cyclic esters (lactones) is 1. The first-order valence-corrected chi connectivity index (χ1v) is 4.75. The van der Waals surface area contributed by atoms with E-state index >= 15 is 0 Å². The average molecular weight is 207 g/mol. The van der Waals surface area contributed by atoms with E-state index in [2.05, 4.69) is 5.32 Å². The fourth-order valence-corrected chi connectivity index (χ4v) is 1.72. The van der Waals surface area contributed by atoms with E-state index in [0.29, 0.717) is 0 Å². The molecule has 2 rings (SSSR count). The Balaban J connectivity index is 2.47. The van der Waals surface area contributed by atoms with Crippen LogP contribution in [-0.4, -0.2) is 16.9 Å². The molecule has 0 spiro atoms. The van der Waals surface area contributed by atoms with E-state index < -0.39 is 17.4 Å². The van der Waals surface area contributed by atoms with E-state index in [-0.39, 0.29) is 0 Å². The largest absolute Gasteiger partial charge is 0.433 e. The number of carbonyl (C=O) groups excluding carboxylic acids is 1. The molecule has 0 bridgehead atoms. The highest BCUT2D eigenvalue weighted by Gasteiger charge is 2.55. The molecule has 80 valence electrons. The molecule has 1 fully saturated rings. The first-order valence-electron chi connectivity index (χ1n) is 4.75. The smallest absolute Gasteiger partial charge is 0.410 e. The number of aliphatic hydroxyl groups is 1. The number of alkyl carbamates (subject to hydrolysis) is 1. The van der Waals surface area contributed by atoms with Gasteiger partial charge in [0.1, 0.15) is 0 Å². The standard InChI is InChI=1S/C11H13NO3/c1-10(8-6-4-3-5-7-8)11(2,14)12-9(13)15-10/h3-7,14H,1-2H3,(H,12,13)/t10-,11-/m1/s1. The molecule has 1 amide bonds. The Labute approximate surface area is 87.9 Å². The van der Waals surface area contributed by atoms with Crippen LogP contribution in [0.25, 0.3) is 0 Å². The Morgan fingerprint density at radius 3 is 2.33 bits per heavy atom. The second-order valence-corrected chi connectivity index (χ2v) is 3.99. The lowest BCUT2D eigenvalue weighted by Crippen LogP contribution is -2.51. The van der Waals surface area contributed by atoms with Gasteiger partial charge in [-0.1, -0.05) is 30.3 Å². The van der Waals surface area contributed by atoms with Crippen LogP contribution in [0.2, 0.25) is 0 Å². The number of carbonyl (C=O) groups is 1. The molecule has 0 saturated carbocycles. The van der Waals surface area contributed by atoms with Gasteiger partial charge in [0.05, 0.1) is 0 Å². The topological polar surface area (TPSA) is 58.6 Å². The summed E-state index contributed by atoms with van der Waals surface area (Å²) in [6, 6.07) is 9.17. The van der Waals surface area contributed by atoms with Gasteiger partial charge in [-0.15, -0.1) is 0 Å². The van der Waals surface area contributed by atoms with E-state index in [1.54, 1.807) is 6.92 Å². The summed E-state index contributed by atoms with van der Waals surface area (Å²) in [5, 5.41) is 12.5. The van der Waals surface area contributed by atoms with Gasteiger partial charge in [0.15, 0.2) is 11.3 Å². The summed E-state index contributed by atoms with van der Waals surface area (Å²) < 4.78 is 5.15. The fraction of sp³-hybridized carbons (Fsp3) is 0.364. The van der Waals surface area contributed by atoms with Crippen molar-refractivity contribution in [1.82, 2.24) is 5.32 Å². The molecule has 4 nitrogen and oxygen atoms in total. The highest BCUT2D eigenvalue weighted by atomic mass is 16.6. The third kappa shape index (κ3) is 1.37. The summed E-state index contributed by atoms with van der Waals surface area (Å²) in [5.74, 6) is 0. The molecule has 1 heterocycles. The molecule has 4 heteroatoms. The molecule has 0 aliphatic carbocycles. The van der Waals surface area contributed by atoms with Crippen LogP contribution in [0.4, 0.5) is 4.79 Å². The van der Waals surface area contributed by atoms with Crippen molar-refractivity contribution >= 4 is 6.09 Å². The Hall–Kier alpha value is -1.55. The van der Waals surface area contributed by atoms with E-state index in [0.717, 1.165) is 5.56 Å². The lowest BCUT2D eigenvalue weighted by atomic mass is 9.87. The van der Waals surface area contributed by atoms with Crippen LogP contribution in [-0.2, 0) is 10.3 Å². The summed E-state index contributed by atoms with van der Waals surface area (Å²) in [4.78, 5) is 11.2. The van der Waals surface area contributed by atoms with E-state index in [1.807, 2.05) is 30.3 Å². The predicted octanol–water partition coefficient (Wildman–Crippen LogP) is 1.35. The molecule has 1 aromatic carbocycles. The van der Waals surface area contributed by atoms with Crippen LogP contribution in [0.3, 0.4) is 0 Å². The second kappa shape index (κ2) is 2.97. The summed E-state index contributed by atoms with van der Waals surface area (Å²) in [7, 11) is 0. The van der Waals surface area contributed by atoms with Crippen molar-refractivity contribution in [3.05, 3.63) is 35.9 Å². The molecule has 2 atom stereocenters. The molecule has 15 heavy (non-hydrogen) atoms. The first-order chi connectivity index (χ1) is 6.96. The maximum Gasteiger partial charge on any atom is 0.410 e. The molecule has 1 aliphatic rings. The van der Waals surface area contributed by atoms with Gasteiger partial charge in [-0.3, -0.25) is 5.32 Å². The van der Waals surface area contributed by atoms with Gasteiger partial charge in [-0.2, -0.15) is 0 Å². The minimum absolute atomic E-state index is 0.605. The molecule has 1 aromatic rings. The normalized spacial score (nSPS) is 34.7. The van der Waals surface area contributed by atoms with Crippen molar-refractivity contribution < 1.29 is 14.6 Å². The van der Waals surface area contributed by atoms with Crippen molar-refractivity contribution in [2.45, 2.75) is 25.2 Å². The molecule has 1 aliphatic heterocycles. The number of hydrogen-bond acceptors (Lipinski definition) is 3. The zero-order valence-electron chi connectivity index (χ0n) is 8.65. The van der Waals surface area contributed by atoms with Gasteiger partial charge in [-0.25, -0.2) is 4.79 Å². The maximum absolute atomic E-state index is 11.2. The molecular formula is C11H13NO3. The quantitative estimate of drug-likeness (QED) is 0.730. The molecule has 0 aromatic heterocycles. The summed E-state index contributed by atoms with van der Waals surface area (Å²) in [6.07, 6.45) is -0.605. The molecule has 0 radical (unpaired) electrons. The van der Waals surface area contributed by atoms with Gasteiger partial charge >= 0.3 is 6.09 Å². The third-order valence-corrected chi connectivity index (χ3v) is 2.90. The highest BCUT2D eigenvalue weighted by molar-refractivity contribution is 5.72.